The van der Waals surface area contributed by atoms with Gasteiger partial charge in [0.2, 0.25) is 5.91 Å². The van der Waals surface area contributed by atoms with Crippen molar-refractivity contribution >= 4 is 21.6 Å². The molecule has 5 nitrogen and oxygen atoms in total. The maximum atomic E-state index is 13.6. The van der Waals surface area contributed by atoms with Crippen LogP contribution in [0.3, 0.4) is 0 Å². The molecule has 0 aromatic heterocycles. The third kappa shape index (κ3) is 6.23. The molecule has 4 aromatic carbocycles. The Balaban J connectivity index is 1.72. The first-order valence-corrected chi connectivity index (χ1v) is 13.2. The fourth-order valence-corrected chi connectivity index (χ4v) is 5.50. The lowest BCUT2D eigenvalue weighted by atomic mass is 9.97. The number of alkyl halides is 3. The third-order valence-corrected chi connectivity index (χ3v) is 7.68. The minimum Gasteiger partial charge on any atom is -0.344 e. The van der Waals surface area contributed by atoms with Gasteiger partial charge in [-0.15, -0.1) is 0 Å². The Labute approximate surface area is 219 Å². The van der Waals surface area contributed by atoms with Gasteiger partial charge in [0, 0.05) is 0 Å². The summed E-state index contributed by atoms with van der Waals surface area (Å²) in [7, 11) is -4.38. The lowest BCUT2D eigenvalue weighted by Crippen LogP contribution is -2.42. The minimum absolute atomic E-state index is 0.150. The highest BCUT2D eigenvalue weighted by Crippen LogP contribution is 2.33. The summed E-state index contributed by atoms with van der Waals surface area (Å²) in [5, 5.41) is 2.88. The zero-order valence-corrected chi connectivity index (χ0v) is 21.2. The van der Waals surface area contributed by atoms with Crippen LogP contribution in [-0.2, 0) is 21.0 Å². The standard InChI is InChI=1S/C29H25F3N2O3S/c1-21-10-8-13-23(18-21)28(22-11-4-2-5-12-22)33-27(35)20-34(38(36,37)26-16-6-3-7-17-26)25-15-9-14-24(19-25)29(30,31)32/h2-19,28H,20H2,1H3,(H,33,35). The van der Waals surface area contributed by atoms with E-state index in [9.17, 15) is 26.4 Å². The molecule has 4 aromatic rings. The van der Waals surface area contributed by atoms with E-state index < -0.39 is 40.3 Å². The van der Waals surface area contributed by atoms with Crippen molar-refractivity contribution in [3.63, 3.8) is 0 Å². The molecule has 0 aliphatic heterocycles. The minimum atomic E-state index is -4.69. The first-order chi connectivity index (χ1) is 18.1. The highest BCUT2D eigenvalue weighted by molar-refractivity contribution is 7.92. The van der Waals surface area contributed by atoms with E-state index >= 15 is 0 Å². The Kier molecular flexibility index (Phi) is 7.87. The molecule has 1 atom stereocenters. The summed E-state index contributed by atoms with van der Waals surface area (Å²) in [5.41, 5.74) is 1.22. The number of benzene rings is 4. The number of anilines is 1. The lowest BCUT2D eigenvalue weighted by Gasteiger charge is -2.27. The number of nitrogens with one attached hydrogen (secondary N) is 1. The van der Waals surface area contributed by atoms with Crippen LogP contribution in [0.4, 0.5) is 18.9 Å². The zero-order chi connectivity index (χ0) is 27.3. The van der Waals surface area contributed by atoms with Crippen molar-refractivity contribution in [3.05, 3.63) is 131 Å². The maximum Gasteiger partial charge on any atom is 0.416 e. The molecule has 0 saturated carbocycles. The normalized spacial score (nSPS) is 12.5. The quantitative estimate of drug-likeness (QED) is 0.294. The van der Waals surface area contributed by atoms with Crippen LogP contribution in [0.5, 0.6) is 0 Å². The largest absolute Gasteiger partial charge is 0.416 e. The molecule has 0 bridgehead atoms. The van der Waals surface area contributed by atoms with Crippen LogP contribution in [0.15, 0.2) is 114 Å². The van der Waals surface area contributed by atoms with Crippen molar-refractivity contribution in [1.82, 2.24) is 5.32 Å². The zero-order valence-electron chi connectivity index (χ0n) is 20.4. The number of amides is 1. The molecule has 1 unspecified atom stereocenters. The highest BCUT2D eigenvalue weighted by Gasteiger charge is 2.33. The molecule has 0 aliphatic carbocycles. The average molecular weight is 539 g/mol. The van der Waals surface area contributed by atoms with Crippen molar-refractivity contribution in [2.24, 2.45) is 0 Å². The fraction of sp³-hybridized carbons (Fsp3) is 0.138. The Bertz CT molecular complexity index is 1510. The fourth-order valence-electron chi connectivity index (χ4n) is 4.06. The van der Waals surface area contributed by atoms with Gasteiger partial charge in [0.1, 0.15) is 6.54 Å². The van der Waals surface area contributed by atoms with Crippen LogP contribution in [-0.4, -0.2) is 20.9 Å². The smallest absolute Gasteiger partial charge is 0.344 e. The molecular formula is C29H25F3N2O3S. The first kappa shape index (κ1) is 26.9. The van der Waals surface area contributed by atoms with Crippen LogP contribution in [0.25, 0.3) is 0 Å². The van der Waals surface area contributed by atoms with Gasteiger partial charge in [0.15, 0.2) is 0 Å². The van der Waals surface area contributed by atoms with Crippen LogP contribution in [0.1, 0.15) is 28.3 Å². The average Bonchev–Trinajstić information content (AvgIpc) is 2.91. The van der Waals surface area contributed by atoms with Crippen molar-refractivity contribution < 1.29 is 26.4 Å². The van der Waals surface area contributed by atoms with Gasteiger partial charge in [-0.05, 0) is 48.4 Å². The number of carbonyl (C=O) groups is 1. The molecule has 0 aliphatic rings. The Morgan fingerprint density at radius 1 is 0.816 bits per heavy atom. The van der Waals surface area contributed by atoms with E-state index in [0.29, 0.717) is 4.31 Å². The number of aryl methyl sites for hydroxylation is 1. The van der Waals surface area contributed by atoms with Crippen LogP contribution < -0.4 is 9.62 Å². The number of hydrogen-bond donors (Lipinski definition) is 1. The SMILES string of the molecule is Cc1cccc(C(NC(=O)CN(c2cccc(C(F)(F)F)c2)S(=O)(=O)c2ccccc2)c2ccccc2)c1. The molecule has 0 saturated heterocycles. The summed E-state index contributed by atoms with van der Waals surface area (Å²) in [6.45, 7) is 1.18. The summed E-state index contributed by atoms with van der Waals surface area (Å²) in [6.07, 6.45) is -4.69. The molecule has 38 heavy (non-hydrogen) atoms. The van der Waals surface area contributed by atoms with Gasteiger partial charge in [-0.3, -0.25) is 9.10 Å². The van der Waals surface area contributed by atoms with Crippen LogP contribution in [0.2, 0.25) is 0 Å². The van der Waals surface area contributed by atoms with Crippen molar-refractivity contribution in [2.75, 3.05) is 10.8 Å². The number of nitrogens with zero attached hydrogens (tertiary/aromatic N) is 1. The second-order valence-corrected chi connectivity index (χ2v) is 10.6. The van der Waals surface area contributed by atoms with Gasteiger partial charge in [0.25, 0.3) is 10.0 Å². The van der Waals surface area contributed by atoms with Crippen molar-refractivity contribution in [3.8, 4) is 0 Å². The second-order valence-electron chi connectivity index (χ2n) is 8.70. The van der Waals surface area contributed by atoms with E-state index in [2.05, 4.69) is 5.32 Å². The Morgan fingerprint density at radius 2 is 1.42 bits per heavy atom. The molecular weight excluding hydrogens is 513 g/mol. The molecule has 1 N–H and O–H groups in total. The lowest BCUT2D eigenvalue weighted by molar-refractivity contribution is -0.137. The number of carbonyl (C=O) groups excluding carboxylic acids is 1. The number of sulfonamides is 1. The Morgan fingerprint density at radius 3 is 2.05 bits per heavy atom. The Hall–Kier alpha value is -4.11. The topological polar surface area (TPSA) is 66.5 Å². The van der Waals surface area contributed by atoms with Gasteiger partial charge in [-0.1, -0.05) is 84.4 Å². The molecule has 0 spiro atoms. The molecule has 9 heteroatoms. The summed E-state index contributed by atoms with van der Waals surface area (Å²) < 4.78 is 68.2. The highest BCUT2D eigenvalue weighted by atomic mass is 32.2. The molecule has 0 fully saturated rings. The monoisotopic (exact) mass is 538 g/mol. The van der Waals surface area contributed by atoms with Crippen molar-refractivity contribution in [2.45, 2.75) is 24.0 Å². The molecule has 4 rings (SSSR count). The number of halogens is 3. The first-order valence-electron chi connectivity index (χ1n) is 11.7. The van der Waals surface area contributed by atoms with Gasteiger partial charge in [0.05, 0.1) is 22.2 Å². The van der Waals surface area contributed by atoms with E-state index in [-0.39, 0.29) is 10.6 Å². The van der Waals surface area contributed by atoms with E-state index in [4.69, 9.17) is 0 Å². The van der Waals surface area contributed by atoms with Crippen LogP contribution in [0, 0.1) is 6.92 Å². The summed E-state index contributed by atoms with van der Waals surface area (Å²) in [4.78, 5) is 13.2. The number of rotatable bonds is 8. The summed E-state index contributed by atoms with van der Waals surface area (Å²) in [5.74, 6) is -0.683. The van der Waals surface area contributed by atoms with Gasteiger partial charge < -0.3 is 5.32 Å². The molecule has 1 amide bonds. The molecule has 196 valence electrons. The predicted octanol–water partition coefficient (Wildman–Crippen LogP) is 6.11. The summed E-state index contributed by atoms with van der Waals surface area (Å²) in [6, 6.07) is 27.2. The van der Waals surface area contributed by atoms with E-state index in [1.54, 1.807) is 6.07 Å². The van der Waals surface area contributed by atoms with Gasteiger partial charge in [-0.2, -0.15) is 13.2 Å². The van der Waals surface area contributed by atoms with E-state index in [1.165, 1.54) is 30.3 Å². The molecule has 0 heterocycles. The summed E-state index contributed by atoms with van der Waals surface area (Å²) >= 11 is 0. The van der Waals surface area contributed by atoms with Crippen LogP contribution >= 0.6 is 0 Å². The third-order valence-electron chi connectivity index (χ3n) is 5.89. The number of hydrogen-bond acceptors (Lipinski definition) is 3. The van der Waals surface area contributed by atoms with Gasteiger partial charge in [-0.25, -0.2) is 8.42 Å². The van der Waals surface area contributed by atoms with E-state index in [1.807, 2.05) is 61.5 Å². The van der Waals surface area contributed by atoms with Gasteiger partial charge >= 0.3 is 6.18 Å². The van der Waals surface area contributed by atoms with E-state index in [0.717, 1.165) is 34.9 Å². The molecule has 0 radical (unpaired) electrons. The second kappa shape index (κ2) is 11.1. The maximum absolute atomic E-state index is 13.6. The predicted molar refractivity (Wildman–Crippen MR) is 140 cm³/mol. The van der Waals surface area contributed by atoms with Crippen molar-refractivity contribution in [1.29, 1.82) is 0 Å².